The molecule has 0 atom stereocenters. The molecule has 75 valence electrons. The lowest BCUT2D eigenvalue weighted by molar-refractivity contribution is 0.0892. The molecular weight excluding hydrogens is 166 g/mol. The third-order valence-electron chi connectivity index (χ3n) is 2.00. The molecule has 0 aromatic carbocycles. The van der Waals surface area contributed by atoms with E-state index in [1.807, 2.05) is 13.8 Å². The molecule has 1 heterocycles. The number of likely N-dealkylation sites (tertiary alicyclic amines) is 1. The molecular formula is C10H18NO2. The molecule has 0 aromatic rings. The maximum absolute atomic E-state index is 11.4. The highest BCUT2D eigenvalue weighted by molar-refractivity contribution is 5.67. The van der Waals surface area contributed by atoms with Crippen molar-refractivity contribution in [3.05, 3.63) is 6.42 Å². The molecule has 1 aliphatic rings. The quantitative estimate of drug-likeness (QED) is 0.657. The summed E-state index contributed by atoms with van der Waals surface area (Å²) >= 11 is 0. The molecule has 0 saturated carbocycles. The Hall–Kier alpha value is -0.730. The minimum absolute atomic E-state index is 0.151. The number of carbonyl (C=O) groups is 1. The van der Waals surface area contributed by atoms with Crippen LogP contribution in [0.25, 0.3) is 0 Å². The highest BCUT2D eigenvalue weighted by Crippen LogP contribution is 2.09. The van der Waals surface area contributed by atoms with E-state index in [9.17, 15) is 4.79 Å². The predicted octanol–water partition coefficient (Wildman–Crippen LogP) is 2.08. The monoisotopic (exact) mass is 184 g/mol. The topological polar surface area (TPSA) is 29.5 Å². The first-order valence-electron chi connectivity index (χ1n) is 4.93. The second-order valence-electron chi connectivity index (χ2n) is 3.82. The van der Waals surface area contributed by atoms with Gasteiger partial charge in [-0.25, -0.2) is 4.79 Å². The van der Waals surface area contributed by atoms with Gasteiger partial charge in [-0.05, 0) is 25.2 Å². The lowest BCUT2D eigenvalue weighted by atomic mass is 10.1. The van der Waals surface area contributed by atoms with Gasteiger partial charge in [0.2, 0.25) is 0 Å². The smallest absolute Gasteiger partial charge is 0.409 e. The molecule has 1 saturated heterocycles. The van der Waals surface area contributed by atoms with Crippen LogP contribution >= 0.6 is 0 Å². The van der Waals surface area contributed by atoms with E-state index >= 15 is 0 Å². The summed E-state index contributed by atoms with van der Waals surface area (Å²) in [5.41, 5.74) is 0. The highest BCUT2D eigenvalue weighted by atomic mass is 16.6. The Morgan fingerprint density at radius 3 is 2.62 bits per heavy atom. The van der Waals surface area contributed by atoms with Gasteiger partial charge >= 0.3 is 6.09 Å². The fourth-order valence-electron chi connectivity index (χ4n) is 1.26. The van der Waals surface area contributed by atoms with E-state index in [2.05, 4.69) is 6.42 Å². The molecule has 0 bridgehead atoms. The largest absolute Gasteiger partial charge is 0.449 e. The van der Waals surface area contributed by atoms with Crippen LogP contribution < -0.4 is 0 Å². The average molecular weight is 184 g/mol. The van der Waals surface area contributed by atoms with Gasteiger partial charge < -0.3 is 9.64 Å². The zero-order valence-electron chi connectivity index (χ0n) is 8.45. The van der Waals surface area contributed by atoms with Crippen LogP contribution in [0.4, 0.5) is 4.79 Å². The maximum Gasteiger partial charge on any atom is 0.409 e. The Labute approximate surface area is 80.1 Å². The number of rotatable bonds is 2. The zero-order valence-corrected chi connectivity index (χ0v) is 8.45. The molecule has 0 aromatic heterocycles. The first kappa shape index (κ1) is 10.4. The summed E-state index contributed by atoms with van der Waals surface area (Å²) in [5, 5.41) is 0. The molecule has 3 nitrogen and oxygen atoms in total. The summed E-state index contributed by atoms with van der Waals surface area (Å²) in [5.74, 6) is 0.417. The Balaban J connectivity index is 2.21. The van der Waals surface area contributed by atoms with E-state index in [1.165, 1.54) is 0 Å². The molecule has 0 unspecified atom stereocenters. The third kappa shape index (κ3) is 3.66. The first-order valence-corrected chi connectivity index (χ1v) is 4.93. The number of ether oxygens (including phenoxy) is 1. The maximum atomic E-state index is 11.4. The number of amides is 1. The summed E-state index contributed by atoms with van der Waals surface area (Å²) in [6.45, 7) is 6.24. The Morgan fingerprint density at radius 1 is 1.46 bits per heavy atom. The summed E-state index contributed by atoms with van der Waals surface area (Å²) in [6.07, 6.45) is 4.06. The van der Waals surface area contributed by atoms with Gasteiger partial charge in [0.1, 0.15) is 0 Å². The molecule has 1 amide bonds. The fraction of sp³-hybridized carbons (Fsp3) is 0.800. The number of piperidine rings is 1. The Bertz CT molecular complexity index is 162. The van der Waals surface area contributed by atoms with Gasteiger partial charge in [0.15, 0.2) is 0 Å². The second kappa shape index (κ2) is 5.10. The van der Waals surface area contributed by atoms with Crippen molar-refractivity contribution in [1.82, 2.24) is 4.90 Å². The highest BCUT2D eigenvalue weighted by Gasteiger charge is 2.17. The van der Waals surface area contributed by atoms with Crippen LogP contribution in [0.3, 0.4) is 0 Å². The molecule has 13 heavy (non-hydrogen) atoms. The van der Waals surface area contributed by atoms with Crippen LogP contribution in [-0.2, 0) is 4.74 Å². The summed E-state index contributed by atoms with van der Waals surface area (Å²) < 4.78 is 5.12. The molecule has 0 aliphatic carbocycles. The van der Waals surface area contributed by atoms with E-state index in [0.29, 0.717) is 12.5 Å². The normalized spacial score (nSPS) is 17.6. The molecule has 1 aliphatic heterocycles. The summed E-state index contributed by atoms with van der Waals surface area (Å²) in [6, 6.07) is 0. The minimum atomic E-state index is -0.151. The Kier molecular flexibility index (Phi) is 4.06. The summed E-state index contributed by atoms with van der Waals surface area (Å²) in [4.78, 5) is 13.2. The van der Waals surface area contributed by atoms with Gasteiger partial charge in [-0.15, -0.1) is 0 Å². The van der Waals surface area contributed by atoms with Gasteiger partial charge in [-0.1, -0.05) is 13.8 Å². The third-order valence-corrected chi connectivity index (χ3v) is 2.00. The number of hydrogen-bond acceptors (Lipinski definition) is 2. The van der Waals surface area contributed by atoms with Crippen molar-refractivity contribution in [3.8, 4) is 0 Å². The van der Waals surface area contributed by atoms with E-state index in [1.54, 1.807) is 4.90 Å². The van der Waals surface area contributed by atoms with Gasteiger partial charge in [0, 0.05) is 13.1 Å². The van der Waals surface area contributed by atoms with Crippen LogP contribution in [0.15, 0.2) is 0 Å². The van der Waals surface area contributed by atoms with Crippen molar-refractivity contribution in [3.63, 3.8) is 0 Å². The molecule has 0 N–H and O–H groups in total. The standard InChI is InChI=1S/C10H18NO2/c1-9(2)8-13-10(12)11-6-4-3-5-7-11/h3,9H,4-8H2,1-2H3. The fourth-order valence-corrected chi connectivity index (χ4v) is 1.26. The van der Waals surface area contributed by atoms with Gasteiger partial charge in [0.25, 0.3) is 0 Å². The number of carbonyl (C=O) groups excluding carboxylic acids is 1. The summed E-state index contributed by atoms with van der Waals surface area (Å²) in [7, 11) is 0. The van der Waals surface area contributed by atoms with E-state index in [-0.39, 0.29) is 6.09 Å². The number of hydrogen-bond donors (Lipinski definition) is 0. The van der Waals surface area contributed by atoms with E-state index in [4.69, 9.17) is 4.74 Å². The van der Waals surface area contributed by atoms with Crippen molar-refractivity contribution >= 4 is 6.09 Å². The molecule has 0 spiro atoms. The Morgan fingerprint density at radius 2 is 2.08 bits per heavy atom. The van der Waals surface area contributed by atoms with Crippen molar-refractivity contribution in [2.45, 2.75) is 26.7 Å². The molecule has 3 heteroatoms. The van der Waals surface area contributed by atoms with E-state index in [0.717, 1.165) is 25.9 Å². The lowest BCUT2D eigenvalue weighted by Crippen LogP contribution is -2.36. The second-order valence-corrected chi connectivity index (χ2v) is 3.82. The van der Waals surface area contributed by atoms with Gasteiger partial charge in [-0.3, -0.25) is 0 Å². The SMILES string of the molecule is CC(C)COC(=O)N1CC[CH]CC1. The van der Waals surface area contributed by atoms with Crippen molar-refractivity contribution in [2.24, 2.45) is 5.92 Å². The van der Waals surface area contributed by atoms with Crippen LogP contribution in [-0.4, -0.2) is 30.7 Å². The van der Waals surface area contributed by atoms with Gasteiger partial charge in [0.05, 0.1) is 6.61 Å². The lowest BCUT2D eigenvalue weighted by Gasteiger charge is -2.25. The molecule has 1 radical (unpaired) electrons. The number of nitrogens with zero attached hydrogens (tertiary/aromatic N) is 1. The van der Waals surface area contributed by atoms with Crippen molar-refractivity contribution in [2.75, 3.05) is 19.7 Å². The van der Waals surface area contributed by atoms with Crippen LogP contribution in [0.5, 0.6) is 0 Å². The van der Waals surface area contributed by atoms with Crippen molar-refractivity contribution < 1.29 is 9.53 Å². The zero-order chi connectivity index (χ0) is 9.68. The average Bonchev–Trinajstić information content (AvgIpc) is 2.15. The van der Waals surface area contributed by atoms with Crippen molar-refractivity contribution in [1.29, 1.82) is 0 Å². The van der Waals surface area contributed by atoms with E-state index < -0.39 is 0 Å². The predicted molar refractivity (Wildman–Crippen MR) is 51.3 cm³/mol. The van der Waals surface area contributed by atoms with Crippen LogP contribution in [0, 0.1) is 12.3 Å². The van der Waals surface area contributed by atoms with Gasteiger partial charge in [-0.2, -0.15) is 0 Å². The van der Waals surface area contributed by atoms with Crippen LogP contribution in [0.2, 0.25) is 0 Å². The molecule has 1 rings (SSSR count). The first-order chi connectivity index (χ1) is 6.20. The molecule has 1 fully saturated rings. The minimum Gasteiger partial charge on any atom is -0.449 e. The van der Waals surface area contributed by atoms with Crippen LogP contribution in [0.1, 0.15) is 26.7 Å².